The molecule has 2 aromatic carbocycles. The summed E-state index contributed by atoms with van der Waals surface area (Å²) in [5.41, 5.74) is 1.83. The lowest BCUT2D eigenvalue weighted by atomic mass is 10.1. The van der Waals surface area contributed by atoms with Gasteiger partial charge < -0.3 is 9.80 Å². The summed E-state index contributed by atoms with van der Waals surface area (Å²) >= 11 is 0. The van der Waals surface area contributed by atoms with Crippen molar-refractivity contribution in [3.8, 4) is 0 Å². The number of nitrogens with zero attached hydrogens (tertiary/aromatic N) is 3. The predicted octanol–water partition coefficient (Wildman–Crippen LogP) is 1.52. The fourth-order valence-electron chi connectivity index (χ4n) is 3.25. The average molecular weight is 418 g/mol. The van der Waals surface area contributed by atoms with Crippen LogP contribution in [0.15, 0.2) is 53.4 Å². The highest BCUT2D eigenvalue weighted by molar-refractivity contribution is 7.89. The second-order valence-electron chi connectivity index (χ2n) is 6.83. The molecule has 0 radical (unpaired) electrons. The minimum atomic E-state index is -3.72. The molecule has 10 heteroatoms. The van der Waals surface area contributed by atoms with Crippen molar-refractivity contribution < 1.29 is 18.1 Å². The Hall–Kier alpha value is -2.98. The standard InChI is InChI=1S/C19H22N4O5S/c20-29(27,28)18-8-1-15(2-9-18)3-10-19(24)22-13-11-21(12-14-22)16-4-6-17(7-5-16)23(25)26/h1-2,4-9H,3,10-14H2,(H2,20,27,28). The number of nitro groups is 1. The lowest BCUT2D eigenvalue weighted by molar-refractivity contribution is -0.384. The Morgan fingerprint density at radius 2 is 1.59 bits per heavy atom. The van der Waals surface area contributed by atoms with Crippen LogP contribution >= 0.6 is 0 Å². The van der Waals surface area contributed by atoms with Crippen LogP contribution < -0.4 is 10.0 Å². The van der Waals surface area contributed by atoms with Crippen LogP contribution in [0.5, 0.6) is 0 Å². The number of primary sulfonamides is 1. The Bertz CT molecular complexity index is 982. The van der Waals surface area contributed by atoms with Crippen LogP contribution in [0.25, 0.3) is 0 Å². The van der Waals surface area contributed by atoms with Crippen molar-refractivity contribution >= 4 is 27.3 Å². The molecule has 3 rings (SSSR count). The van der Waals surface area contributed by atoms with E-state index in [2.05, 4.69) is 4.90 Å². The van der Waals surface area contributed by atoms with Crippen LogP contribution in [-0.4, -0.2) is 50.3 Å². The number of sulfonamides is 1. The fourth-order valence-corrected chi connectivity index (χ4v) is 3.77. The van der Waals surface area contributed by atoms with Crippen molar-refractivity contribution in [3.63, 3.8) is 0 Å². The van der Waals surface area contributed by atoms with Gasteiger partial charge in [-0.15, -0.1) is 0 Å². The molecular weight excluding hydrogens is 396 g/mol. The van der Waals surface area contributed by atoms with Gasteiger partial charge in [0, 0.05) is 50.4 Å². The molecule has 1 amide bonds. The van der Waals surface area contributed by atoms with Crippen LogP contribution in [0.4, 0.5) is 11.4 Å². The summed E-state index contributed by atoms with van der Waals surface area (Å²) in [4.78, 5) is 26.7. The zero-order chi connectivity index (χ0) is 21.0. The first-order valence-corrected chi connectivity index (χ1v) is 10.7. The molecule has 0 aromatic heterocycles. The number of non-ortho nitro benzene ring substituents is 1. The topological polar surface area (TPSA) is 127 Å². The number of carbonyl (C=O) groups is 1. The van der Waals surface area contributed by atoms with E-state index in [9.17, 15) is 23.3 Å². The van der Waals surface area contributed by atoms with Crippen molar-refractivity contribution in [2.45, 2.75) is 17.7 Å². The summed E-state index contributed by atoms with van der Waals surface area (Å²) in [6.45, 7) is 2.49. The summed E-state index contributed by atoms with van der Waals surface area (Å²) in [7, 11) is -3.72. The zero-order valence-corrected chi connectivity index (χ0v) is 16.5. The molecule has 0 saturated carbocycles. The third-order valence-electron chi connectivity index (χ3n) is 4.94. The minimum Gasteiger partial charge on any atom is -0.368 e. The summed E-state index contributed by atoms with van der Waals surface area (Å²) in [5, 5.41) is 15.8. The molecule has 2 aromatic rings. The maximum absolute atomic E-state index is 12.5. The van der Waals surface area contributed by atoms with E-state index in [-0.39, 0.29) is 16.5 Å². The van der Waals surface area contributed by atoms with Gasteiger partial charge in [-0.25, -0.2) is 13.6 Å². The molecule has 1 aliphatic heterocycles. The van der Waals surface area contributed by atoms with E-state index in [1.165, 1.54) is 24.3 Å². The highest BCUT2D eigenvalue weighted by Crippen LogP contribution is 2.21. The van der Waals surface area contributed by atoms with Crippen LogP contribution in [0, 0.1) is 10.1 Å². The van der Waals surface area contributed by atoms with E-state index in [0.717, 1.165) is 11.3 Å². The number of rotatable bonds is 6. The fraction of sp³-hybridized carbons (Fsp3) is 0.316. The number of benzene rings is 2. The number of amides is 1. The van der Waals surface area contributed by atoms with Gasteiger partial charge in [-0.05, 0) is 36.2 Å². The quantitative estimate of drug-likeness (QED) is 0.560. The SMILES string of the molecule is NS(=O)(=O)c1ccc(CCC(=O)N2CCN(c3ccc([N+](=O)[O-])cc3)CC2)cc1. The number of hydrogen-bond donors (Lipinski definition) is 1. The van der Waals surface area contributed by atoms with E-state index >= 15 is 0 Å². The van der Waals surface area contributed by atoms with Crippen LogP contribution in [0.1, 0.15) is 12.0 Å². The lowest BCUT2D eigenvalue weighted by Gasteiger charge is -2.36. The molecule has 1 saturated heterocycles. The number of carbonyl (C=O) groups excluding carboxylic acids is 1. The maximum Gasteiger partial charge on any atom is 0.269 e. The first-order valence-electron chi connectivity index (χ1n) is 9.13. The van der Waals surface area contributed by atoms with Gasteiger partial charge in [0.05, 0.1) is 9.82 Å². The molecule has 9 nitrogen and oxygen atoms in total. The summed E-state index contributed by atoms with van der Waals surface area (Å²) in [5.74, 6) is 0.0453. The van der Waals surface area contributed by atoms with Crippen molar-refractivity contribution in [2.24, 2.45) is 5.14 Å². The lowest BCUT2D eigenvalue weighted by Crippen LogP contribution is -2.48. The molecule has 1 aliphatic rings. The van der Waals surface area contributed by atoms with Gasteiger partial charge in [-0.2, -0.15) is 0 Å². The van der Waals surface area contributed by atoms with Gasteiger partial charge in [0.15, 0.2) is 0 Å². The predicted molar refractivity (Wildman–Crippen MR) is 108 cm³/mol. The van der Waals surface area contributed by atoms with E-state index in [1.807, 2.05) is 0 Å². The molecule has 0 aliphatic carbocycles. The van der Waals surface area contributed by atoms with Gasteiger partial charge in [0.25, 0.3) is 5.69 Å². The smallest absolute Gasteiger partial charge is 0.269 e. The summed E-state index contributed by atoms with van der Waals surface area (Å²) in [6, 6.07) is 12.6. The van der Waals surface area contributed by atoms with Crippen molar-refractivity contribution in [1.29, 1.82) is 0 Å². The molecule has 1 heterocycles. The first-order chi connectivity index (χ1) is 13.7. The number of piperazine rings is 1. The second kappa shape index (κ2) is 8.58. The van der Waals surface area contributed by atoms with Crippen LogP contribution in [0.3, 0.4) is 0 Å². The highest BCUT2D eigenvalue weighted by atomic mass is 32.2. The molecular formula is C19H22N4O5S. The third-order valence-corrected chi connectivity index (χ3v) is 5.87. The van der Waals surface area contributed by atoms with Gasteiger partial charge in [-0.1, -0.05) is 12.1 Å². The van der Waals surface area contributed by atoms with E-state index in [1.54, 1.807) is 29.2 Å². The second-order valence-corrected chi connectivity index (χ2v) is 8.39. The number of nitrogens with two attached hydrogens (primary N) is 1. The molecule has 0 unspecified atom stereocenters. The third kappa shape index (κ3) is 5.30. The normalized spacial score (nSPS) is 14.7. The first kappa shape index (κ1) is 20.7. The van der Waals surface area contributed by atoms with Crippen LogP contribution in [0.2, 0.25) is 0 Å². The van der Waals surface area contributed by atoms with Crippen molar-refractivity contribution in [2.75, 3.05) is 31.1 Å². The molecule has 0 atom stereocenters. The number of aryl methyl sites for hydroxylation is 1. The number of nitro benzene ring substituents is 1. The Balaban J connectivity index is 1.49. The van der Waals surface area contributed by atoms with E-state index < -0.39 is 14.9 Å². The Kier molecular flexibility index (Phi) is 6.14. The van der Waals surface area contributed by atoms with Gasteiger partial charge >= 0.3 is 0 Å². The Morgan fingerprint density at radius 1 is 1.00 bits per heavy atom. The zero-order valence-electron chi connectivity index (χ0n) is 15.7. The maximum atomic E-state index is 12.5. The highest BCUT2D eigenvalue weighted by Gasteiger charge is 2.21. The Labute approximate surface area is 168 Å². The van der Waals surface area contributed by atoms with Crippen molar-refractivity contribution in [1.82, 2.24) is 4.90 Å². The average Bonchev–Trinajstić information content (AvgIpc) is 2.72. The minimum absolute atomic E-state index is 0.0453. The van der Waals surface area contributed by atoms with Gasteiger partial charge in [0.1, 0.15) is 0 Å². The molecule has 0 bridgehead atoms. The van der Waals surface area contributed by atoms with Gasteiger partial charge in [-0.3, -0.25) is 14.9 Å². The number of hydrogen-bond acceptors (Lipinski definition) is 6. The summed E-state index contributed by atoms with van der Waals surface area (Å²) in [6.07, 6.45) is 0.860. The molecule has 154 valence electrons. The Morgan fingerprint density at radius 3 is 2.10 bits per heavy atom. The molecule has 0 spiro atoms. The molecule has 1 fully saturated rings. The monoisotopic (exact) mass is 418 g/mol. The van der Waals surface area contributed by atoms with Gasteiger partial charge in [0.2, 0.25) is 15.9 Å². The number of anilines is 1. The molecule has 2 N–H and O–H groups in total. The van der Waals surface area contributed by atoms with Crippen molar-refractivity contribution in [3.05, 3.63) is 64.2 Å². The molecule has 29 heavy (non-hydrogen) atoms. The van der Waals surface area contributed by atoms with E-state index in [0.29, 0.717) is 39.0 Å². The largest absolute Gasteiger partial charge is 0.368 e. The van der Waals surface area contributed by atoms with Crippen LogP contribution in [-0.2, 0) is 21.2 Å². The van der Waals surface area contributed by atoms with E-state index in [4.69, 9.17) is 5.14 Å². The summed E-state index contributed by atoms with van der Waals surface area (Å²) < 4.78 is 22.6.